The Morgan fingerprint density at radius 2 is 1.82 bits per heavy atom. The molecule has 2 nitrogen and oxygen atoms in total. The lowest BCUT2D eigenvalue weighted by atomic mass is 10.2. The predicted molar refractivity (Wildman–Crippen MR) is 72.6 cm³/mol. The van der Waals surface area contributed by atoms with Gasteiger partial charge in [-0.15, -0.1) is 11.8 Å². The van der Waals surface area contributed by atoms with Gasteiger partial charge in [-0.2, -0.15) is 0 Å². The first-order chi connectivity index (χ1) is 8.35. The van der Waals surface area contributed by atoms with Crippen LogP contribution in [0.3, 0.4) is 0 Å². The van der Waals surface area contributed by atoms with Crippen LogP contribution in [0.4, 0.5) is 0 Å². The van der Waals surface area contributed by atoms with Crippen LogP contribution in [-0.4, -0.2) is 6.26 Å². The number of nitrogens with two attached hydrogens (primary N) is 1. The summed E-state index contributed by atoms with van der Waals surface area (Å²) in [5, 5.41) is 0. The Hall–Kier alpha value is -1.45. The Kier molecular flexibility index (Phi) is 4.07. The molecule has 2 N–H and O–H groups in total. The van der Waals surface area contributed by atoms with E-state index in [1.165, 1.54) is 4.90 Å². The second-order valence-corrected chi connectivity index (χ2v) is 4.40. The van der Waals surface area contributed by atoms with Gasteiger partial charge in [0.25, 0.3) is 0 Å². The fourth-order valence-corrected chi connectivity index (χ4v) is 2.29. The Morgan fingerprint density at radius 1 is 1.06 bits per heavy atom. The molecule has 0 bridgehead atoms. The molecule has 88 valence electrons. The highest BCUT2D eigenvalue weighted by atomic mass is 32.2. The standard InChI is InChI=1S/C14H15NOS/c1-17-14-9-5-8-13(12(14)10-15)16-11-6-3-2-4-7-11/h2-9H,10,15H2,1H3. The molecule has 2 rings (SSSR count). The number of benzene rings is 2. The van der Waals surface area contributed by atoms with Crippen molar-refractivity contribution < 1.29 is 4.74 Å². The van der Waals surface area contributed by atoms with Crippen LogP contribution in [0.2, 0.25) is 0 Å². The van der Waals surface area contributed by atoms with Crippen molar-refractivity contribution in [1.29, 1.82) is 0 Å². The van der Waals surface area contributed by atoms with Crippen molar-refractivity contribution in [2.45, 2.75) is 11.4 Å². The van der Waals surface area contributed by atoms with E-state index in [9.17, 15) is 0 Å². The third kappa shape index (κ3) is 2.81. The average Bonchev–Trinajstić information content (AvgIpc) is 2.39. The quantitative estimate of drug-likeness (QED) is 0.835. The lowest BCUT2D eigenvalue weighted by Gasteiger charge is -2.12. The molecule has 0 radical (unpaired) electrons. The van der Waals surface area contributed by atoms with E-state index in [4.69, 9.17) is 10.5 Å². The summed E-state index contributed by atoms with van der Waals surface area (Å²) in [6.45, 7) is 0.485. The highest BCUT2D eigenvalue weighted by Gasteiger charge is 2.07. The third-order valence-corrected chi connectivity index (χ3v) is 3.31. The molecule has 0 aliphatic heterocycles. The normalized spacial score (nSPS) is 10.2. The molecule has 3 heteroatoms. The van der Waals surface area contributed by atoms with E-state index in [1.54, 1.807) is 11.8 Å². The number of hydrogen-bond acceptors (Lipinski definition) is 3. The Morgan fingerprint density at radius 3 is 2.47 bits per heavy atom. The first-order valence-corrected chi connectivity index (χ1v) is 6.66. The Bertz CT molecular complexity index is 485. The summed E-state index contributed by atoms with van der Waals surface area (Å²) in [6.07, 6.45) is 2.04. The van der Waals surface area contributed by atoms with Crippen molar-refractivity contribution in [2.75, 3.05) is 6.26 Å². The highest BCUT2D eigenvalue weighted by Crippen LogP contribution is 2.31. The molecule has 0 aliphatic rings. The number of thioether (sulfide) groups is 1. The Labute approximate surface area is 106 Å². The second-order valence-electron chi connectivity index (χ2n) is 3.56. The summed E-state index contributed by atoms with van der Waals surface area (Å²) in [5.41, 5.74) is 6.85. The zero-order valence-corrected chi connectivity index (χ0v) is 10.5. The fourth-order valence-electron chi connectivity index (χ4n) is 1.65. The monoisotopic (exact) mass is 245 g/mol. The molecule has 0 aromatic heterocycles. The van der Waals surface area contributed by atoms with Crippen LogP contribution in [0.25, 0.3) is 0 Å². The minimum atomic E-state index is 0.485. The molecule has 0 unspecified atom stereocenters. The minimum absolute atomic E-state index is 0.485. The van der Waals surface area contributed by atoms with E-state index >= 15 is 0 Å². The van der Waals surface area contributed by atoms with E-state index in [1.807, 2.05) is 48.7 Å². The van der Waals surface area contributed by atoms with Gasteiger partial charge in [0.1, 0.15) is 11.5 Å². The molecule has 0 atom stereocenters. The summed E-state index contributed by atoms with van der Waals surface area (Å²) in [7, 11) is 0. The first-order valence-electron chi connectivity index (χ1n) is 5.44. The van der Waals surface area contributed by atoms with Crippen molar-refractivity contribution in [3.8, 4) is 11.5 Å². The molecule has 0 heterocycles. The molecule has 17 heavy (non-hydrogen) atoms. The Balaban J connectivity index is 2.33. The molecule has 0 fully saturated rings. The average molecular weight is 245 g/mol. The number of para-hydroxylation sites is 1. The van der Waals surface area contributed by atoms with Gasteiger partial charge in [-0.3, -0.25) is 0 Å². The topological polar surface area (TPSA) is 35.2 Å². The van der Waals surface area contributed by atoms with Gasteiger partial charge in [-0.25, -0.2) is 0 Å². The predicted octanol–water partition coefficient (Wildman–Crippen LogP) is 3.66. The van der Waals surface area contributed by atoms with Crippen LogP contribution in [0.1, 0.15) is 5.56 Å². The van der Waals surface area contributed by atoms with Crippen LogP contribution in [0, 0.1) is 0 Å². The summed E-state index contributed by atoms with van der Waals surface area (Å²) >= 11 is 1.68. The maximum atomic E-state index is 5.85. The molecule has 0 saturated heterocycles. The molecule has 0 spiro atoms. The number of rotatable bonds is 4. The first kappa shape index (κ1) is 12.0. The zero-order chi connectivity index (χ0) is 12.1. The van der Waals surface area contributed by atoms with Gasteiger partial charge in [0.2, 0.25) is 0 Å². The van der Waals surface area contributed by atoms with Crippen LogP contribution < -0.4 is 10.5 Å². The van der Waals surface area contributed by atoms with Crippen LogP contribution in [-0.2, 0) is 6.54 Å². The van der Waals surface area contributed by atoms with Gasteiger partial charge in [0.05, 0.1) is 0 Å². The summed E-state index contributed by atoms with van der Waals surface area (Å²) in [5.74, 6) is 1.67. The van der Waals surface area contributed by atoms with Crippen molar-refractivity contribution in [3.05, 3.63) is 54.1 Å². The van der Waals surface area contributed by atoms with E-state index in [-0.39, 0.29) is 0 Å². The number of hydrogen-bond donors (Lipinski definition) is 1. The van der Waals surface area contributed by atoms with Gasteiger partial charge in [-0.1, -0.05) is 24.3 Å². The second kappa shape index (κ2) is 5.75. The van der Waals surface area contributed by atoms with Crippen molar-refractivity contribution in [1.82, 2.24) is 0 Å². The van der Waals surface area contributed by atoms with Gasteiger partial charge in [0.15, 0.2) is 0 Å². The van der Waals surface area contributed by atoms with E-state index in [2.05, 4.69) is 6.07 Å². The van der Waals surface area contributed by atoms with Crippen LogP contribution >= 0.6 is 11.8 Å². The zero-order valence-electron chi connectivity index (χ0n) is 9.72. The van der Waals surface area contributed by atoms with E-state index < -0.39 is 0 Å². The summed E-state index contributed by atoms with van der Waals surface area (Å²) in [4.78, 5) is 1.17. The smallest absolute Gasteiger partial charge is 0.133 e. The molecular weight excluding hydrogens is 230 g/mol. The maximum Gasteiger partial charge on any atom is 0.133 e. The summed E-state index contributed by atoms with van der Waals surface area (Å²) in [6, 6.07) is 15.8. The van der Waals surface area contributed by atoms with Gasteiger partial charge in [0, 0.05) is 17.0 Å². The van der Waals surface area contributed by atoms with Gasteiger partial charge >= 0.3 is 0 Å². The number of ether oxygens (including phenoxy) is 1. The largest absolute Gasteiger partial charge is 0.457 e. The fraction of sp³-hybridized carbons (Fsp3) is 0.143. The molecule has 2 aromatic carbocycles. The van der Waals surface area contributed by atoms with Crippen LogP contribution in [0.5, 0.6) is 11.5 Å². The lowest BCUT2D eigenvalue weighted by molar-refractivity contribution is 0.474. The highest BCUT2D eigenvalue weighted by molar-refractivity contribution is 7.98. The minimum Gasteiger partial charge on any atom is -0.457 e. The molecule has 0 aliphatic carbocycles. The summed E-state index contributed by atoms with van der Waals surface area (Å²) < 4.78 is 5.85. The van der Waals surface area contributed by atoms with E-state index in [0.29, 0.717) is 6.54 Å². The van der Waals surface area contributed by atoms with Gasteiger partial charge < -0.3 is 10.5 Å². The lowest BCUT2D eigenvalue weighted by Crippen LogP contribution is -2.01. The van der Waals surface area contributed by atoms with Gasteiger partial charge in [-0.05, 0) is 30.5 Å². The van der Waals surface area contributed by atoms with Crippen molar-refractivity contribution in [2.24, 2.45) is 5.73 Å². The SMILES string of the molecule is CSc1cccc(Oc2ccccc2)c1CN. The third-order valence-electron chi connectivity index (χ3n) is 2.49. The van der Waals surface area contributed by atoms with Crippen molar-refractivity contribution in [3.63, 3.8) is 0 Å². The maximum absolute atomic E-state index is 5.85. The molecule has 2 aromatic rings. The molecule has 0 saturated carbocycles. The molecular formula is C14H15NOS. The van der Waals surface area contributed by atoms with Crippen molar-refractivity contribution >= 4 is 11.8 Å². The van der Waals surface area contributed by atoms with E-state index in [0.717, 1.165) is 17.1 Å². The van der Waals surface area contributed by atoms with Crippen LogP contribution in [0.15, 0.2) is 53.4 Å². The molecule has 0 amide bonds.